The summed E-state index contributed by atoms with van der Waals surface area (Å²) in [5, 5.41) is 5.45. The Morgan fingerprint density at radius 3 is 2.78 bits per heavy atom. The Labute approximate surface area is 196 Å². The molecular formula is C21H22BrN5O4S. The minimum Gasteiger partial charge on any atom is -0.450 e. The smallest absolute Gasteiger partial charge is 0.408 e. The fraction of sp³-hybridized carbons (Fsp3) is 0.333. The van der Waals surface area contributed by atoms with Gasteiger partial charge in [-0.1, -0.05) is 41.7 Å². The largest absolute Gasteiger partial charge is 0.450 e. The fourth-order valence-corrected chi connectivity index (χ4v) is 5.08. The van der Waals surface area contributed by atoms with Crippen molar-refractivity contribution >= 4 is 56.0 Å². The van der Waals surface area contributed by atoms with Crippen LogP contribution in [0.25, 0.3) is 4.96 Å². The summed E-state index contributed by atoms with van der Waals surface area (Å²) in [7, 11) is 0. The number of imidazole rings is 1. The third kappa shape index (κ3) is 4.78. The van der Waals surface area contributed by atoms with Crippen LogP contribution >= 0.6 is 27.3 Å². The van der Waals surface area contributed by atoms with Crippen LogP contribution in [0.2, 0.25) is 0 Å². The molecule has 11 heteroatoms. The molecule has 2 atom stereocenters. The minimum absolute atomic E-state index is 0.189. The summed E-state index contributed by atoms with van der Waals surface area (Å²) < 4.78 is 7.73. The van der Waals surface area contributed by atoms with E-state index < -0.39 is 18.2 Å². The fourth-order valence-electron chi connectivity index (χ4n) is 3.73. The van der Waals surface area contributed by atoms with E-state index in [4.69, 9.17) is 4.74 Å². The summed E-state index contributed by atoms with van der Waals surface area (Å²) in [6, 6.07) is 7.34. The molecule has 168 valence electrons. The second-order valence-electron chi connectivity index (χ2n) is 7.24. The number of likely N-dealkylation sites (tertiary alicyclic amines) is 1. The van der Waals surface area contributed by atoms with Crippen LogP contribution in [0.15, 0.2) is 46.5 Å². The van der Waals surface area contributed by atoms with Gasteiger partial charge in [0.2, 0.25) is 5.91 Å². The molecule has 0 aliphatic carbocycles. The average Bonchev–Trinajstić information content (AvgIpc) is 3.47. The first kappa shape index (κ1) is 22.3. The number of nitrogens with one attached hydrogen (secondary N) is 2. The van der Waals surface area contributed by atoms with E-state index in [1.165, 1.54) is 16.2 Å². The normalized spacial score (nSPS) is 16.7. The molecule has 1 fully saturated rings. The maximum absolute atomic E-state index is 13.4. The van der Waals surface area contributed by atoms with Gasteiger partial charge in [-0.15, -0.1) is 0 Å². The van der Waals surface area contributed by atoms with Gasteiger partial charge in [0.1, 0.15) is 12.1 Å². The number of hydrogen-bond donors (Lipinski definition) is 2. The lowest BCUT2D eigenvalue weighted by molar-refractivity contribution is -0.138. The first-order valence-electron chi connectivity index (χ1n) is 10.2. The molecule has 1 aromatic carbocycles. The van der Waals surface area contributed by atoms with Crippen molar-refractivity contribution in [3.63, 3.8) is 0 Å². The number of carbonyl (C=O) groups is 3. The van der Waals surface area contributed by atoms with Crippen LogP contribution in [0.5, 0.6) is 0 Å². The summed E-state index contributed by atoms with van der Waals surface area (Å²) >= 11 is 4.85. The summed E-state index contributed by atoms with van der Waals surface area (Å²) in [5.74, 6) is -0.224. The number of rotatable bonds is 6. The molecule has 0 saturated carbocycles. The maximum atomic E-state index is 13.4. The predicted molar refractivity (Wildman–Crippen MR) is 123 cm³/mol. The summed E-state index contributed by atoms with van der Waals surface area (Å²) in [6.45, 7) is 2.31. The van der Waals surface area contributed by atoms with Crippen molar-refractivity contribution in [3.8, 4) is 0 Å². The topological polar surface area (TPSA) is 105 Å². The van der Waals surface area contributed by atoms with Gasteiger partial charge in [-0.25, -0.2) is 9.78 Å². The summed E-state index contributed by atoms with van der Waals surface area (Å²) in [6.07, 6.45) is 4.13. The Morgan fingerprint density at radius 1 is 1.28 bits per heavy atom. The predicted octanol–water partition coefficient (Wildman–Crippen LogP) is 3.58. The van der Waals surface area contributed by atoms with E-state index in [2.05, 4.69) is 31.5 Å². The molecule has 0 spiro atoms. The molecule has 1 aliphatic rings. The van der Waals surface area contributed by atoms with Gasteiger partial charge in [0, 0.05) is 12.7 Å². The van der Waals surface area contributed by atoms with Crippen molar-refractivity contribution in [2.75, 3.05) is 18.5 Å². The second-order valence-corrected chi connectivity index (χ2v) is 9.63. The Balaban J connectivity index is 1.51. The SMILES string of the molecule is CCOC(=O)NC(C(=O)N1CCCC1C(=O)Nc1cn2cc(Br)sc2n1)c1ccccc1. The second kappa shape index (κ2) is 9.70. The number of halogens is 1. The lowest BCUT2D eigenvalue weighted by atomic mass is 10.0. The number of aromatic nitrogens is 2. The van der Waals surface area contributed by atoms with E-state index in [-0.39, 0.29) is 18.4 Å². The Kier molecular flexibility index (Phi) is 6.75. The molecule has 9 nitrogen and oxygen atoms in total. The molecule has 1 aliphatic heterocycles. The zero-order valence-electron chi connectivity index (χ0n) is 17.3. The van der Waals surface area contributed by atoms with E-state index >= 15 is 0 Å². The number of benzene rings is 1. The molecule has 3 aromatic rings. The molecule has 3 heterocycles. The van der Waals surface area contributed by atoms with Gasteiger partial charge in [-0.2, -0.15) is 0 Å². The quantitative estimate of drug-likeness (QED) is 0.517. The number of hydrogen-bond acceptors (Lipinski definition) is 6. The number of alkyl carbamates (subject to hydrolysis) is 1. The first-order chi connectivity index (χ1) is 15.5. The molecule has 3 amide bonds. The molecular weight excluding hydrogens is 498 g/mol. The zero-order chi connectivity index (χ0) is 22.7. The van der Waals surface area contributed by atoms with Crippen LogP contribution in [0.3, 0.4) is 0 Å². The van der Waals surface area contributed by atoms with Crippen molar-refractivity contribution in [1.82, 2.24) is 19.6 Å². The van der Waals surface area contributed by atoms with Gasteiger partial charge in [0.25, 0.3) is 5.91 Å². The number of amides is 3. The number of anilines is 1. The van der Waals surface area contributed by atoms with Gasteiger partial charge in [0.05, 0.1) is 16.6 Å². The Bertz CT molecular complexity index is 1100. The van der Waals surface area contributed by atoms with Crippen molar-refractivity contribution < 1.29 is 19.1 Å². The molecule has 1 saturated heterocycles. The molecule has 2 unspecified atom stereocenters. The highest BCUT2D eigenvalue weighted by atomic mass is 79.9. The third-order valence-electron chi connectivity index (χ3n) is 5.13. The van der Waals surface area contributed by atoms with Crippen molar-refractivity contribution in [2.45, 2.75) is 31.8 Å². The summed E-state index contributed by atoms with van der Waals surface area (Å²) in [4.78, 5) is 45.2. The van der Waals surface area contributed by atoms with Crippen LogP contribution in [0.4, 0.5) is 10.6 Å². The van der Waals surface area contributed by atoms with Crippen molar-refractivity contribution in [1.29, 1.82) is 0 Å². The monoisotopic (exact) mass is 519 g/mol. The lowest BCUT2D eigenvalue weighted by Crippen LogP contribution is -2.48. The number of carbonyl (C=O) groups excluding carboxylic acids is 3. The van der Waals surface area contributed by atoms with E-state index in [9.17, 15) is 14.4 Å². The molecule has 2 N–H and O–H groups in total. The van der Waals surface area contributed by atoms with E-state index in [1.807, 2.05) is 16.7 Å². The highest BCUT2D eigenvalue weighted by molar-refractivity contribution is 9.11. The molecule has 0 bridgehead atoms. The average molecular weight is 520 g/mol. The first-order valence-corrected chi connectivity index (χ1v) is 11.8. The van der Waals surface area contributed by atoms with Crippen LogP contribution in [-0.4, -0.2) is 51.4 Å². The van der Waals surface area contributed by atoms with Crippen LogP contribution in [-0.2, 0) is 14.3 Å². The Morgan fingerprint density at radius 2 is 2.06 bits per heavy atom. The number of fused-ring (bicyclic) bond motifs is 1. The van der Waals surface area contributed by atoms with Crippen LogP contribution in [0.1, 0.15) is 31.4 Å². The van der Waals surface area contributed by atoms with Gasteiger partial charge in [-0.05, 0) is 41.3 Å². The van der Waals surface area contributed by atoms with Gasteiger partial charge >= 0.3 is 6.09 Å². The van der Waals surface area contributed by atoms with E-state index in [0.29, 0.717) is 30.8 Å². The van der Waals surface area contributed by atoms with Crippen molar-refractivity contribution in [2.24, 2.45) is 0 Å². The number of nitrogens with zero attached hydrogens (tertiary/aromatic N) is 3. The van der Waals surface area contributed by atoms with Crippen LogP contribution in [0, 0.1) is 0 Å². The molecule has 32 heavy (non-hydrogen) atoms. The van der Waals surface area contributed by atoms with Crippen LogP contribution < -0.4 is 10.6 Å². The third-order valence-corrected chi connectivity index (χ3v) is 6.61. The van der Waals surface area contributed by atoms with Gasteiger partial charge in [-0.3, -0.25) is 14.0 Å². The van der Waals surface area contributed by atoms with Gasteiger partial charge < -0.3 is 20.3 Å². The highest BCUT2D eigenvalue weighted by Crippen LogP contribution is 2.27. The van der Waals surface area contributed by atoms with E-state index in [0.717, 1.165) is 8.75 Å². The number of ether oxygens (including phenoxy) is 1. The minimum atomic E-state index is -0.945. The lowest BCUT2D eigenvalue weighted by Gasteiger charge is -2.28. The summed E-state index contributed by atoms with van der Waals surface area (Å²) in [5.41, 5.74) is 0.622. The Hall–Kier alpha value is -2.92. The van der Waals surface area contributed by atoms with Gasteiger partial charge in [0.15, 0.2) is 10.8 Å². The molecule has 2 aromatic heterocycles. The standard InChI is InChI=1S/C21H22BrN5O4S/c1-2-31-21(30)25-17(13-7-4-3-5-8-13)19(29)27-10-6-9-14(27)18(28)23-16-12-26-11-15(22)32-20(26)24-16/h3-5,7-8,11-12,14,17H,2,6,9-10H2,1H3,(H,23,28)(H,25,30). The zero-order valence-corrected chi connectivity index (χ0v) is 19.7. The molecule has 4 rings (SSSR count). The highest BCUT2D eigenvalue weighted by Gasteiger charge is 2.38. The van der Waals surface area contributed by atoms with Crippen molar-refractivity contribution in [3.05, 3.63) is 52.1 Å². The maximum Gasteiger partial charge on any atom is 0.408 e. The van der Waals surface area contributed by atoms with E-state index in [1.54, 1.807) is 37.4 Å². The number of thiazole rings is 1. The molecule has 0 radical (unpaired) electrons.